The van der Waals surface area contributed by atoms with E-state index in [1.165, 1.54) is 0 Å². The fourth-order valence-electron chi connectivity index (χ4n) is 1.23. The molecule has 0 aromatic rings. The van der Waals surface area contributed by atoms with Crippen LogP contribution in [0.3, 0.4) is 0 Å². The number of terminal acetylenes is 1. The van der Waals surface area contributed by atoms with Crippen LogP contribution >= 0.6 is 0 Å². The minimum absolute atomic E-state index is 0.0280. The number of rotatable bonds is 2. The van der Waals surface area contributed by atoms with Gasteiger partial charge in [0.25, 0.3) is 0 Å². The van der Waals surface area contributed by atoms with Crippen molar-refractivity contribution in [2.45, 2.75) is 12.5 Å². The Morgan fingerprint density at radius 1 is 1.75 bits per heavy atom. The number of nitrogens with zero attached hydrogens (tertiary/aromatic N) is 1. The van der Waals surface area contributed by atoms with E-state index in [1.807, 2.05) is 0 Å². The second-order valence-corrected chi connectivity index (χ2v) is 2.76. The third kappa shape index (κ3) is 2.23. The van der Waals surface area contributed by atoms with Crippen molar-refractivity contribution in [2.75, 3.05) is 19.7 Å². The first-order valence-electron chi connectivity index (χ1n) is 4.04. The van der Waals surface area contributed by atoms with Crippen molar-refractivity contribution in [3.05, 3.63) is 0 Å². The molecular formula is C9H12N2O. The predicted octanol–water partition coefficient (Wildman–Crippen LogP) is 0.138. The first-order chi connectivity index (χ1) is 5.88. The molecule has 0 bridgehead atoms. The zero-order chi connectivity index (χ0) is 8.81. The highest BCUT2D eigenvalue weighted by Crippen LogP contribution is 2.12. The summed E-state index contributed by atoms with van der Waals surface area (Å²) >= 11 is 0. The van der Waals surface area contributed by atoms with Crippen LogP contribution in [0.15, 0.2) is 0 Å². The smallest absolute Gasteiger partial charge is 0.0867 e. The topological polar surface area (TPSA) is 45.0 Å². The molecule has 2 atom stereocenters. The minimum atomic E-state index is -0.164. The summed E-state index contributed by atoms with van der Waals surface area (Å²) in [5.74, 6) is 2.32. The lowest BCUT2D eigenvalue weighted by atomic mass is 10.00. The molecule has 1 rings (SSSR count). The molecule has 64 valence electrons. The number of nitrogens with one attached hydrogen (secondary N) is 1. The molecular weight excluding hydrogens is 152 g/mol. The zero-order valence-electron chi connectivity index (χ0n) is 6.92. The molecule has 1 aliphatic heterocycles. The maximum absolute atomic E-state index is 8.76. The third-order valence-electron chi connectivity index (χ3n) is 1.91. The van der Waals surface area contributed by atoms with Gasteiger partial charge in [-0.15, -0.1) is 12.3 Å². The fourth-order valence-corrected chi connectivity index (χ4v) is 1.23. The number of hydrogen-bond acceptors (Lipinski definition) is 3. The Bertz CT molecular complexity index is 208. The van der Waals surface area contributed by atoms with Crippen molar-refractivity contribution in [3.63, 3.8) is 0 Å². The van der Waals surface area contributed by atoms with Gasteiger partial charge in [0, 0.05) is 19.5 Å². The van der Waals surface area contributed by atoms with Crippen LogP contribution in [0.5, 0.6) is 0 Å². The van der Waals surface area contributed by atoms with E-state index >= 15 is 0 Å². The van der Waals surface area contributed by atoms with Crippen molar-refractivity contribution in [2.24, 2.45) is 5.92 Å². The highest BCUT2D eigenvalue weighted by Gasteiger charge is 2.23. The highest BCUT2D eigenvalue weighted by molar-refractivity contribution is 4.99. The predicted molar refractivity (Wildman–Crippen MR) is 45.2 cm³/mol. The Hall–Kier alpha value is -1.03. The van der Waals surface area contributed by atoms with Gasteiger partial charge in [-0.05, 0) is 0 Å². The molecule has 1 fully saturated rings. The van der Waals surface area contributed by atoms with Crippen LogP contribution in [-0.4, -0.2) is 25.8 Å². The molecule has 12 heavy (non-hydrogen) atoms. The van der Waals surface area contributed by atoms with Gasteiger partial charge in [0.2, 0.25) is 0 Å². The summed E-state index contributed by atoms with van der Waals surface area (Å²) in [7, 11) is 0. The molecule has 3 heteroatoms. The molecule has 0 saturated carbocycles. The largest absolute Gasteiger partial charge is 0.374 e. The van der Waals surface area contributed by atoms with Crippen LogP contribution in [0.25, 0.3) is 0 Å². The van der Waals surface area contributed by atoms with Gasteiger partial charge in [0.15, 0.2) is 0 Å². The average molecular weight is 164 g/mol. The van der Waals surface area contributed by atoms with Crippen molar-refractivity contribution >= 4 is 0 Å². The van der Waals surface area contributed by atoms with Gasteiger partial charge >= 0.3 is 0 Å². The van der Waals surface area contributed by atoms with E-state index in [1.54, 1.807) is 0 Å². The van der Waals surface area contributed by atoms with Gasteiger partial charge in [-0.1, -0.05) is 0 Å². The van der Waals surface area contributed by atoms with Gasteiger partial charge in [0.1, 0.15) is 0 Å². The Morgan fingerprint density at radius 3 is 3.08 bits per heavy atom. The second kappa shape index (κ2) is 4.77. The van der Waals surface area contributed by atoms with Crippen molar-refractivity contribution in [1.29, 1.82) is 5.26 Å². The zero-order valence-corrected chi connectivity index (χ0v) is 6.92. The summed E-state index contributed by atoms with van der Waals surface area (Å²) in [6.07, 6.45) is 5.58. The Kier molecular flexibility index (Phi) is 3.60. The molecule has 1 heterocycles. The second-order valence-electron chi connectivity index (χ2n) is 2.76. The lowest BCUT2D eigenvalue weighted by Crippen LogP contribution is -2.42. The number of hydrogen-bond donors (Lipinski definition) is 1. The summed E-state index contributed by atoms with van der Waals surface area (Å²) in [5.41, 5.74) is 0. The lowest BCUT2D eigenvalue weighted by molar-refractivity contribution is 0.00613. The molecule has 0 spiro atoms. The molecule has 0 aliphatic carbocycles. The first kappa shape index (κ1) is 9.06. The van der Waals surface area contributed by atoms with Gasteiger partial charge in [0.05, 0.1) is 24.7 Å². The molecule has 0 aromatic heterocycles. The maximum Gasteiger partial charge on any atom is 0.0867 e. The van der Waals surface area contributed by atoms with Crippen LogP contribution in [0, 0.1) is 29.6 Å². The van der Waals surface area contributed by atoms with Crippen LogP contribution in [-0.2, 0) is 4.74 Å². The Morgan fingerprint density at radius 2 is 2.58 bits per heavy atom. The minimum Gasteiger partial charge on any atom is -0.374 e. The van der Waals surface area contributed by atoms with E-state index in [9.17, 15) is 0 Å². The average Bonchev–Trinajstić information content (AvgIpc) is 2.15. The van der Waals surface area contributed by atoms with Crippen LogP contribution in [0.1, 0.15) is 6.42 Å². The fraction of sp³-hybridized carbons (Fsp3) is 0.667. The van der Waals surface area contributed by atoms with E-state index in [0.29, 0.717) is 13.0 Å². The molecule has 1 aliphatic rings. The van der Waals surface area contributed by atoms with Gasteiger partial charge in [-0.3, -0.25) is 0 Å². The monoisotopic (exact) mass is 164 g/mol. The highest BCUT2D eigenvalue weighted by atomic mass is 16.5. The summed E-state index contributed by atoms with van der Waals surface area (Å²) in [6.45, 7) is 2.28. The standard InChI is InChI=1S/C9H12N2O/c1-2-3-8(6-10)9-7-11-4-5-12-9/h1,8-9,11H,3-5,7H2. The van der Waals surface area contributed by atoms with E-state index < -0.39 is 0 Å². The SMILES string of the molecule is C#CCC(C#N)C1CNCCO1. The molecule has 1 saturated heterocycles. The van der Waals surface area contributed by atoms with Crippen molar-refractivity contribution in [3.8, 4) is 18.4 Å². The van der Waals surface area contributed by atoms with E-state index in [0.717, 1.165) is 13.1 Å². The van der Waals surface area contributed by atoms with Crippen LogP contribution in [0.4, 0.5) is 0 Å². The molecule has 3 nitrogen and oxygen atoms in total. The summed E-state index contributed by atoms with van der Waals surface area (Å²) in [5, 5.41) is 11.9. The number of ether oxygens (including phenoxy) is 1. The van der Waals surface area contributed by atoms with E-state index in [2.05, 4.69) is 17.3 Å². The third-order valence-corrected chi connectivity index (χ3v) is 1.91. The van der Waals surface area contributed by atoms with E-state index in [4.69, 9.17) is 16.4 Å². The summed E-state index contributed by atoms with van der Waals surface area (Å²) in [6, 6.07) is 2.17. The molecule has 0 amide bonds. The molecule has 0 aromatic carbocycles. The quantitative estimate of drug-likeness (QED) is 0.590. The lowest BCUT2D eigenvalue weighted by Gasteiger charge is -2.26. The van der Waals surface area contributed by atoms with Crippen molar-refractivity contribution < 1.29 is 4.74 Å². The van der Waals surface area contributed by atoms with Gasteiger partial charge < -0.3 is 10.1 Å². The molecule has 1 N–H and O–H groups in total. The summed E-state index contributed by atoms with van der Waals surface area (Å²) < 4.78 is 5.40. The van der Waals surface area contributed by atoms with E-state index in [-0.39, 0.29) is 12.0 Å². The van der Waals surface area contributed by atoms with Crippen LogP contribution < -0.4 is 5.32 Å². The Balaban J connectivity index is 2.43. The van der Waals surface area contributed by atoms with Gasteiger partial charge in [-0.25, -0.2) is 0 Å². The molecule has 0 radical (unpaired) electrons. The normalized spacial score (nSPS) is 25.3. The number of nitriles is 1. The first-order valence-corrected chi connectivity index (χ1v) is 4.04. The Labute approximate surface area is 72.7 Å². The number of morpholine rings is 1. The molecule has 2 unspecified atom stereocenters. The van der Waals surface area contributed by atoms with Crippen LogP contribution in [0.2, 0.25) is 0 Å². The van der Waals surface area contributed by atoms with Gasteiger partial charge in [-0.2, -0.15) is 5.26 Å². The van der Waals surface area contributed by atoms with Crippen molar-refractivity contribution in [1.82, 2.24) is 5.32 Å². The summed E-state index contributed by atoms with van der Waals surface area (Å²) in [4.78, 5) is 0. The maximum atomic E-state index is 8.76.